The van der Waals surface area contributed by atoms with Gasteiger partial charge in [-0.05, 0) is 54.5 Å². The Morgan fingerprint density at radius 1 is 0.875 bits per heavy atom. The van der Waals surface area contributed by atoms with E-state index < -0.39 is 0 Å². The average Bonchev–Trinajstić information content (AvgIpc) is 2.60. The van der Waals surface area contributed by atoms with E-state index in [1.54, 1.807) is 0 Å². The third-order valence-corrected chi connectivity index (χ3v) is 4.14. The molecule has 0 saturated heterocycles. The van der Waals surface area contributed by atoms with E-state index in [0.717, 1.165) is 30.4 Å². The van der Waals surface area contributed by atoms with Crippen molar-refractivity contribution in [2.75, 3.05) is 0 Å². The average molecular weight is 324 g/mol. The maximum atomic E-state index is 9.27. The zero-order valence-electron chi connectivity index (χ0n) is 14.5. The van der Waals surface area contributed by atoms with Gasteiger partial charge in [0.25, 0.3) is 0 Å². The Kier molecular flexibility index (Phi) is 7.73. The van der Waals surface area contributed by atoms with E-state index in [9.17, 15) is 10.2 Å². The fourth-order valence-corrected chi connectivity index (χ4v) is 2.79. The molecule has 0 radical (unpaired) electrons. The molecule has 2 N–H and O–H groups in total. The van der Waals surface area contributed by atoms with Crippen LogP contribution >= 0.6 is 0 Å². The topological polar surface area (TPSA) is 40.5 Å². The highest BCUT2D eigenvalue weighted by Gasteiger charge is 1.98. The van der Waals surface area contributed by atoms with Crippen molar-refractivity contribution in [1.82, 2.24) is 0 Å². The van der Waals surface area contributed by atoms with Crippen LogP contribution in [0.1, 0.15) is 54.9 Å². The lowest BCUT2D eigenvalue weighted by Crippen LogP contribution is -1.98. The fraction of sp³-hybridized carbons (Fsp3) is 0.364. The second-order valence-electron chi connectivity index (χ2n) is 6.43. The molecule has 0 aliphatic carbocycles. The number of unbranched alkanes of at least 4 members (excludes halogenated alkanes) is 2. The van der Waals surface area contributed by atoms with Gasteiger partial charge in [-0.1, -0.05) is 67.5 Å². The molecule has 0 spiro atoms. The van der Waals surface area contributed by atoms with Crippen molar-refractivity contribution in [3.05, 3.63) is 70.8 Å². The van der Waals surface area contributed by atoms with Gasteiger partial charge in [-0.25, -0.2) is 0 Å². The molecular formula is C22H28O2. The number of aliphatic hydroxyl groups excluding tert-OH is 2. The van der Waals surface area contributed by atoms with Crippen molar-refractivity contribution in [2.24, 2.45) is 0 Å². The Hall–Kier alpha value is -1.90. The molecule has 1 atom stereocenters. The van der Waals surface area contributed by atoms with Crippen LogP contribution in [0.3, 0.4) is 0 Å². The monoisotopic (exact) mass is 324 g/mol. The van der Waals surface area contributed by atoms with Crippen molar-refractivity contribution in [2.45, 2.75) is 51.7 Å². The van der Waals surface area contributed by atoms with Crippen molar-refractivity contribution in [3.63, 3.8) is 0 Å². The summed E-state index contributed by atoms with van der Waals surface area (Å²) in [5, 5.41) is 18.5. The summed E-state index contributed by atoms with van der Waals surface area (Å²) in [5.74, 6) is 0. The van der Waals surface area contributed by atoms with E-state index in [4.69, 9.17) is 0 Å². The lowest BCUT2D eigenvalue weighted by atomic mass is 10.0. The number of hydrogen-bond acceptors (Lipinski definition) is 2. The van der Waals surface area contributed by atoms with Gasteiger partial charge in [0.1, 0.15) is 0 Å². The highest BCUT2D eigenvalue weighted by Crippen LogP contribution is 2.14. The molecule has 2 nitrogen and oxygen atoms in total. The predicted molar refractivity (Wildman–Crippen MR) is 102 cm³/mol. The molecule has 2 heteroatoms. The number of benzene rings is 2. The zero-order chi connectivity index (χ0) is 17.2. The van der Waals surface area contributed by atoms with Crippen molar-refractivity contribution >= 4 is 12.2 Å². The normalized spacial score (nSPS) is 12.6. The minimum atomic E-state index is -0.178. The van der Waals surface area contributed by atoms with Crippen LogP contribution in [-0.4, -0.2) is 16.3 Å². The lowest BCUT2D eigenvalue weighted by molar-refractivity contribution is 0.180. The van der Waals surface area contributed by atoms with Crippen molar-refractivity contribution < 1.29 is 10.2 Å². The molecule has 0 aromatic heterocycles. The van der Waals surface area contributed by atoms with E-state index in [1.807, 2.05) is 31.2 Å². The molecule has 128 valence electrons. The van der Waals surface area contributed by atoms with Crippen LogP contribution in [0.2, 0.25) is 0 Å². The number of aliphatic hydroxyl groups is 2. The molecule has 0 aliphatic heterocycles. The summed E-state index contributed by atoms with van der Waals surface area (Å²) in [4.78, 5) is 0. The van der Waals surface area contributed by atoms with Crippen LogP contribution in [0.5, 0.6) is 0 Å². The van der Waals surface area contributed by atoms with E-state index in [0.29, 0.717) is 0 Å². The van der Waals surface area contributed by atoms with E-state index >= 15 is 0 Å². The lowest BCUT2D eigenvalue weighted by Gasteiger charge is -2.05. The smallest absolute Gasteiger partial charge is 0.0682 e. The first kappa shape index (κ1) is 18.4. The Morgan fingerprint density at radius 2 is 1.50 bits per heavy atom. The summed E-state index contributed by atoms with van der Waals surface area (Å²) in [5.41, 5.74) is 4.59. The maximum absolute atomic E-state index is 9.27. The van der Waals surface area contributed by atoms with Gasteiger partial charge >= 0.3 is 0 Å². The standard InChI is InChI=1S/C22H28O2/c1-18(24)7-3-2-4-8-19-9-5-10-20(15-19)13-14-21-11-6-12-22(16-21)17-23/h5-6,9-16,18,23-24H,2-4,7-8,17H2,1H3. The number of rotatable bonds is 9. The Labute approximate surface area is 145 Å². The summed E-state index contributed by atoms with van der Waals surface area (Å²) in [6.45, 7) is 1.93. The van der Waals surface area contributed by atoms with Gasteiger partial charge in [0.05, 0.1) is 12.7 Å². The second-order valence-corrected chi connectivity index (χ2v) is 6.43. The summed E-state index contributed by atoms with van der Waals surface area (Å²) < 4.78 is 0. The third-order valence-electron chi connectivity index (χ3n) is 4.14. The fourth-order valence-electron chi connectivity index (χ4n) is 2.79. The highest BCUT2D eigenvalue weighted by atomic mass is 16.3. The molecule has 0 saturated carbocycles. The van der Waals surface area contributed by atoms with Gasteiger partial charge in [-0.2, -0.15) is 0 Å². The maximum Gasteiger partial charge on any atom is 0.0682 e. The van der Waals surface area contributed by atoms with E-state index in [-0.39, 0.29) is 12.7 Å². The summed E-state index contributed by atoms with van der Waals surface area (Å²) >= 11 is 0. The molecule has 1 unspecified atom stereocenters. The molecule has 0 fully saturated rings. The van der Waals surface area contributed by atoms with Crippen LogP contribution < -0.4 is 0 Å². The number of aryl methyl sites for hydroxylation is 1. The summed E-state index contributed by atoms with van der Waals surface area (Å²) in [6.07, 6.45) is 9.43. The van der Waals surface area contributed by atoms with Gasteiger partial charge in [-0.15, -0.1) is 0 Å². The van der Waals surface area contributed by atoms with Crippen LogP contribution in [0.15, 0.2) is 48.5 Å². The van der Waals surface area contributed by atoms with Crippen molar-refractivity contribution in [1.29, 1.82) is 0 Å². The minimum Gasteiger partial charge on any atom is -0.393 e. The van der Waals surface area contributed by atoms with Gasteiger partial charge < -0.3 is 10.2 Å². The summed E-state index contributed by atoms with van der Waals surface area (Å²) in [7, 11) is 0. The predicted octanol–water partition coefficient (Wildman–Crippen LogP) is 4.83. The minimum absolute atomic E-state index is 0.0756. The first-order valence-electron chi connectivity index (χ1n) is 8.82. The zero-order valence-corrected chi connectivity index (χ0v) is 14.5. The molecule has 0 heterocycles. The molecule has 2 aromatic carbocycles. The Morgan fingerprint density at radius 3 is 2.12 bits per heavy atom. The first-order valence-corrected chi connectivity index (χ1v) is 8.82. The van der Waals surface area contributed by atoms with Crippen LogP contribution in [-0.2, 0) is 13.0 Å². The van der Waals surface area contributed by atoms with Crippen LogP contribution in [0, 0.1) is 0 Å². The molecule has 0 bridgehead atoms. The SMILES string of the molecule is CC(O)CCCCCc1cccc(C=Cc2cccc(CO)c2)c1. The van der Waals surface area contributed by atoms with Crippen molar-refractivity contribution in [3.8, 4) is 0 Å². The van der Waals surface area contributed by atoms with Gasteiger partial charge in [0.2, 0.25) is 0 Å². The molecule has 24 heavy (non-hydrogen) atoms. The molecule has 0 aliphatic rings. The van der Waals surface area contributed by atoms with Gasteiger partial charge in [0, 0.05) is 0 Å². The van der Waals surface area contributed by atoms with Gasteiger partial charge in [-0.3, -0.25) is 0 Å². The first-order chi connectivity index (χ1) is 11.7. The Bertz CT molecular complexity index is 644. The third kappa shape index (κ3) is 6.69. The molecular weight excluding hydrogens is 296 g/mol. The van der Waals surface area contributed by atoms with Crippen LogP contribution in [0.4, 0.5) is 0 Å². The number of hydrogen-bond donors (Lipinski definition) is 2. The summed E-state index contributed by atoms with van der Waals surface area (Å²) in [6, 6.07) is 16.6. The second kappa shape index (κ2) is 10.1. The van der Waals surface area contributed by atoms with E-state index in [2.05, 4.69) is 36.4 Å². The largest absolute Gasteiger partial charge is 0.393 e. The molecule has 2 rings (SSSR count). The quantitative estimate of drug-likeness (QED) is 0.512. The van der Waals surface area contributed by atoms with E-state index in [1.165, 1.54) is 24.0 Å². The molecule has 0 amide bonds. The Balaban J connectivity index is 1.88. The van der Waals surface area contributed by atoms with Gasteiger partial charge in [0.15, 0.2) is 0 Å². The van der Waals surface area contributed by atoms with Crippen LogP contribution in [0.25, 0.3) is 12.2 Å². The highest BCUT2D eigenvalue weighted by molar-refractivity contribution is 5.70. The molecule has 2 aromatic rings.